The van der Waals surface area contributed by atoms with Crippen LogP contribution in [0, 0.1) is 0 Å². The molecule has 0 aromatic heterocycles. The van der Waals surface area contributed by atoms with Crippen LogP contribution in [-0.2, 0) is 26.2 Å². The van der Waals surface area contributed by atoms with Gasteiger partial charge in [0, 0.05) is 0 Å². The van der Waals surface area contributed by atoms with E-state index in [-0.39, 0.29) is 5.69 Å². The molecule has 1 aromatic rings. The van der Waals surface area contributed by atoms with Crippen LogP contribution in [0.1, 0.15) is 19.4 Å². The fourth-order valence-corrected chi connectivity index (χ4v) is 4.43. The summed E-state index contributed by atoms with van der Waals surface area (Å²) >= 11 is 0. The van der Waals surface area contributed by atoms with Gasteiger partial charge in [-0.2, -0.15) is 17.9 Å². The molecule has 0 saturated heterocycles. The third-order valence-electron chi connectivity index (χ3n) is 2.82. The van der Waals surface area contributed by atoms with Crippen molar-refractivity contribution in [2.75, 3.05) is 5.32 Å². The van der Waals surface area contributed by atoms with E-state index in [9.17, 15) is 30.0 Å². The monoisotopic (exact) mass is 359 g/mol. The molecule has 1 aliphatic heterocycles. The normalized spacial score (nSPS) is 20.1. The first-order valence-electron chi connectivity index (χ1n) is 5.74. The minimum Gasteiger partial charge on any atom is -0.366 e. The summed E-state index contributed by atoms with van der Waals surface area (Å²) in [4.78, 5) is -1.92. The zero-order chi connectivity index (χ0) is 17.1. The smallest absolute Gasteiger partial charge is 0.366 e. The fourth-order valence-electron chi connectivity index (χ4n) is 2.09. The van der Waals surface area contributed by atoms with Gasteiger partial charge in [-0.05, 0) is 26.0 Å². The Morgan fingerprint density at radius 2 is 1.77 bits per heavy atom. The molecule has 124 valence electrons. The van der Waals surface area contributed by atoms with Gasteiger partial charge in [-0.1, -0.05) is 0 Å². The summed E-state index contributed by atoms with van der Waals surface area (Å²) < 4.78 is 88.1. The van der Waals surface area contributed by atoms with Crippen LogP contribution in [-0.4, -0.2) is 22.5 Å². The van der Waals surface area contributed by atoms with E-state index >= 15 is 0 Å². The third-order valence-corrected chi connectivity index (χ3v) is 5.47. The van der Waals surface area contributed by atoms with Crippen LogP contribution < -0.4 is 15.2 Å². The van der Waals surface area contributed by atoms with E-state index in [0.717, 1.165) is 0 Å². The van der Waals surface area contributed by atoms with Crippen molar-refractivity contribution >= 4 is 25.7 Å². The molecule has 12 heteroatoms. The number of fused-ring (bicyclic) bond motifs is 1. The van der Waals surface area contributed by atoms with E-state index in [1.165, 1.54) is 13.8 Å². The lowest BCUT2D eigenvalue weighted by Gasteiger charge is -2.34. The Balaban J connectivity index is 2.88. The zero-order valence-corrected chi connectivity index (χ0v) is 12.9. The minimum absolute atomic E-state index is 0.358. The maximum Gasteiger partial charge on any atom is 0.417 e. The second-order valence-corrected chi connectivity index (χ2v) is 8.42. The summed E-state index contributed by atoms with van der Waals surface area (Å²) in [7, 11) is -8.96. The van der Waals surface area contributed by atoms with Crippen LogP contribution >= 0.6 is 0 Å². The van der Waals surface area contributed by atoms with Crippen LogP contribution in [0.25, 0.3) is 0 Å². The molecule has 22 heavy (non-hydrogen) atoms. The van der Waals surface area contributed by atoms with Crippen molar-refractivity contribution in [2.24, 2.45) is 5.14 Å². The standard InChI is InChI=1S/C10H12F3N3O4S2/c1-9(2)15-6-3-5(10(11,12)13)7(21(14,17)18)4-8(6)22(19,20)16-9/h3-4,15-16H,1-2H3,(H2,14,17,18). The van der Waals surface area contributed by atoms with E-state index in [0.29, 0.717) is 12.1 Å². The molecule has 0 radical (unpaired) electrons. The van der Waals surface area contributed by atoms with Gasteiger partial charge in [0.25, 0.3) is 0 Å². The predicted molar refractivity (Wildman–Crippen MR) is 70.8 cm³/mol. The molecule has 0 atom stereocenters. The highest BCUT2D eigenvalue weighted by atomic mass is 32.2. The lowest BCUT2D eigenvalue weighted by atomic mass is 10.1. The lowest BCUT2D eigenvalue weighted by Crippen LogP contribution is -2.52. The molecule has 0 bridgehead atoms. The molecule has 1 heterocycles. The Hall–Kier alpha value is -1.37. The molecular weight excluding hydrogens is 347 g/mol. The first-order valence-corrected chi connectivity index (χ1v) is 8.77. The number of anilines is 1. The van der Waals surface area contributed by atoms with Crippen molar-refractivity contribution in [3.8, 4) is 0 Å². The van der Waals surface area contributed by atoms with Gasteiger partial charge in [0.1, 0.15) is 4.90 Å². The van der Waals surface area contributed by atoms with Crippen molar-refractivity contribution < 1.29 is 30.0 Å². The Labute approximate surface area is 124 Å². The lowest BCUT2D eigenvalue weighted by molar-refractivity contribution is -0.139. The summed E-state index contributed by atoms with van der Waals surface area (Å²) in [5.41, 5.74) is -3.13. The summed E-state index contributed by atoms with van der Waals surface area (Å²) in [6.07, 6.45) is -5.02. The number of sulfonamides is 2. The highest BCUT2D eigenvalue weighted by Crippen LogP contribution is 2.40. The second-order valence-electron chi connectivity index (χ2n) is 5.24. The Bertz CT molecular complexity index is 845. The van der Waals surface area contributed by atoms with Crippen molar-refractivity contribution in [3.05, 3.63) is 17.7 Å². The molecule has 0 saturated carbocycles. The van der Waals surface area contributed by atoms with Gasteiger partial charge in [0.2, 0.25) is 20.0 Å². The SMILES string of the molecule is CC1(C)Nc2cc(C(F)(F)F)c(S(N)(=O)=O)cc2S(=O)(=O)N1. The van der Waals surface area contributed by atoms with Gasteiger partial charge in [-0.15, -0.1) is 0 Å². The molecule has 0 aliphatic carbocycles. The summed E-state index contributed by atoms with van der Waals surface area (Å²) in [6, 6.07) is 0.827. The molecule has 0 spiro atoms. The van der Waals surface area contributed by atoms with E-state index in [4.69, 9.17) is 5.14 Å². The van der Waals surface area contributed by atoms with Gasteiger partial charge in [0.15, 0.2) is 0 Å². The van der Waals surface area contributed by atoms with E-state index in [2.05, 4.69) is 10.0 Å². The number of nitrogens with one attached hydrogen (secondary N) is 2. The molecule has 1 aromatic carbocycles. The number of rotatable bonds is 1. The average Bonchev–Trinajstić information content (AvgIpc) is 2.21. The Kier molecular flexibility index (Phi) is 3.53. The number of halogens is 3. The minimum atomic E-state index is -5.02. The molecule has 4 N–H and O–H groups in total. The number of benzene rings is 1. The first-order chi connectivity index (χ1) is 9.63. The van der Waals surface area contributed by atoms with Gasteiger partial charge in [0.05, 0.1) is 21.8 Å². The maximum atomic E-state index is 13.0. The number of alkyl halides is 3. The van der Waals surface area contributed by atoms with Gasteiger partial charge in [-0.3, -0.25) is 0 Å². The van der Waals surface area contributed by atoms with Crippen LogP contribution in [0.5, 0.6) is 0 Å². The van der Waals surface area contributed by atoms with Gasteiger partial charge in [-0.25, -0.2) is 22.0 Å². The largest absolute Gasteiger partial charge is 0.417 e. The van der Waals surface area contributed by atoms with E-state index < -0.39 is 47.2 Å². The van der Waals surface area contributed by atoms with Crippen molar-refractivity contribution in [2.45, 2.75) is 35.5 Å². The van der Waals surface area contributed by atoms with Gasteiger partial charge < -0.3 is 5.32 Å². The zero-order valence-electron chi connectivity index (χ0n) is 11.3. The van der Waals surface area contributed by atoms with Crippen LogP contribution in [0.4, 0.5) is 18.9 Å². The van der Waals surface area contributed by atoms with Crippen LogP contribution in [0.3, 0.4) is 0 Å². The quantitative estimate of drug-likeness (QED) is 0.685. The molecule has 0 amide bonds. The Morgan fingerprint density at radius 3 is 2.23 bits per heavy atom. The van der Waals surface area contributed by atoms with E-state index in [1.807, 2.05) is 0 Å². The number of hydrogen-bond acceptors (Lipinski definition) is 5. The average molecular weight is 359 g/mol. The topological polar surface area (TPSA) is 118 Å². The number of hydrogen-bond donors (Lipinski definition) is 3. The van der Waals surface area contributed by atoms with Crippen molar-refractivity contribution in [1.29, 1.82) is 0 Å². The van der Waals surface area contributed by atoms with E-state index in [1.54, 1.807) is 0 Å². The molecule has 1 aliphatic rings. The van der Waals surface area contributed by atoms with Crippen LogP contribution in [0.2, 0.25) is 0 Å². The predicted octanol–water partition coefficient (Wildman–Crippen LogP) is 0.793. The highest BCUT2D eigenvalue weighted by molar-refractivity contribution is 7.90. The number of nitrogens with two attached hydrogens (primary N) is 1. The molecule has 7 nitrogen and oxygen atoms in total. The number of primary sulfonamides is 1. The fraction of sp³-hybridized carbons (Fsp3) is 0.400. The molecule has 0 unspecified atom stereocenters. The highest BCUT2D eigenvalue weighted by Gasteiger charge is 2.41. The Morgan fingerprint density at radius 1 is 1.23 bits per heavy atom. The maximum absolute atomic E-state index is 13.0. The third kappa shape index (κ3) is 3.04. The van der Waals surface area contributed by atoms with Crippen LogP contribution in [0.15, 0.2) is 21.9 Å². The molecular formula is C10H12F3N3O4S2. The van der Waals surface area contributed by atoms with Crippen molar-refractivity contribution in [1.82, 2.24) is 4.72 Å². The molecule has 2 rings (SSSR count). The summed E-state index contributed by atoms with van der Waals surface area (Å²) in [6.45, 7) is 2.79. The summed E-state index contributed by atoms with van der Waals surface area (Å²) in [5.74, 6) is 0. The van der Waals surface area contributed by atoms with Gasteiger partial charge >= 0.3 is 6.18 Å². The second kappa shape index (κ2) is 4.57. The first kappa shape index (κ1) is 17.0. The van der Waals surface area contributed by atoms with Crippen molar-refractivity contribution in [3.63, 3.8) is 0 Å². The summed E-state index contributed by atoms with van der Waals surface area (Å²) in [5, 5.41) is 7.32. The molecule has 0 fully saturated rings.